The molecule has 29 heavy (non-hydrogen) atoms. The number of halogens is 4. The van der Waals surface area contributed by atoms with Gasteiger partial charge in [-0.1, -0.05) is 32.4 Å². The van der Waals surface area contributed by atoms with Gasteiger partial charge in [-0.15, -0.1) is 0 Å². The number of nitrogens with zero attached hydrogens (tertiary/aromatic N) is 2. The van der Waals surface area contributed by atoms with Gasteiger partial charge in [-0.25, -0.2) is 4.39 Å². The summed E-state index contributed by atoms with van der Waals surface area (Å²) in [4.78, 5) is 12.4. The Kier molecular flexibility index (Phi) is 5.74. The van der Waals surface area contributed by atoms with Crippen LogP contribution in [0, 0.1) is 18.2 Å². The summed E-state index contributed by atoms with van der Waals surface area (Å²) in [6.45, 7) is 4.30. The summed E-state index contributed by atoms with van der Waals surface area (Å²) in [7, 11) is 0. The first-order valence-electron chi connectivity index (χ1n) is 9.66. The lowest BCUT2D eigenvalue weighted by Gasteiger charge is -2.28. The molecule has 0 aliphatic heterocycles. The Hall–Kier alpha value is -2.38. The van der Waals surface area contributed by atoms with E-state index >= 15 is 0 Å². The predicted octanol–water partition coefficient (Wildman–Crippen LogP) is 5.56. The first-order chi connectivity index (χ1) is 13.5. The molecule has 0 saturated heterocycles. The van der Waals surface area contributed by atoms with E-state index in [0.717, 1.165) is 49.9 Å². The van der Waals surface area contributed by atoms with Gasteiger partial charge in [0.1, 0.15) is 5.82 Å². The highest BCUT2D eigenvalue weighted by Gasteiger charge is 2.48. The van der Waals surface area contributed by atoms with Gasteiger partial charge in [0.15, 0.2) is 5.82 Å². The maximum absolute atomic E-state index is 13.1. The van der Waals surface area contributed by atoms with E-state index in [9.17, 15) is 22.4 Å². The van der Waals surface area contributed by atoms with Gasteiger partial charge in [0, 0.05) is 17.7 Å². The molecule has 1 N–H and O–H groups in total. The lowest BCUT2D eigenvalue weighted by molar-refractivity contribution is -0.213. The van der Waals surface area contributed by atoms with Gasteiger partial charge in [0.2, 0.25) is 5.91 Å². The average Bonchev–Trinajstić information content (AvgIpc) is 2.83. The van der Waals surface area contributed by atoms with Crippen molar-refractivity contribution in [3.8, 4) is 0 Å². The maximum atomic E-state index is 13.1. The van der Waals surface area contributed by atoms with Gasteiger partial charge in [-0.05, 0) is 43.4 Å². The van der Waals surface area contributed by atoms with Crippen molar-refractivity contribution in [2.75, 3.05) is 5.32 Å². The number of hydrogen-bond donors (Lipinski definition) is 1. The summed E-state index contributed by atoms with van der Waals surface area (Å²) >= 11 is 0. The zero-order chi connectivity index (χ0) is 21.4. The topological polar surface area (TPSA) is 46.9 Å². The second kappa shape index (κ2) is 7.80. The number of nitrogens with one attached hydrogen (secondary N) is 1. The SMILES string of the molecule is Cc1c(C2CCC2)c(NC(=O)CC(C)(C)C(F)(F)F)nn1Cc1ccc(F)cc1. The third kappa shape index (κ3) is 4.62. The number of anilines is 1. The average molecular weight is 411 g/mol. The summed E-state index contributed by atoms with van der Waals surface area (Å²) < 4.78 is 54.2. The van der Waals surface area contributed by atoms with Crippen LogP contribution in [0.25, 0.3) is 0 Å². The maximum Gasteiger partial charge on any atom is 0.394 e. The Morgan fingerprint density at radius 2 is 1.83 bits per heavy atom. The number of rotatable bonds is 6. The molecule has 1 amide bonds. The van der Waals surface area contributed by atoms with E-state index in [4.69, 9.17) is 0 Å². The summed E-state index contributed by atoms with van der Waals surface area (Å²) in [5, 5.41) is 7.09. The van der Waals surface area contributed by atoms with Crippen LogP contribution >= 0.6 is 0 Å². The molecule has 0 radical (unpaired) electrons. The Bertz CT molecular complexity index is 881. The fourth-order valence-electron chi connectivity index (χ4n) is 3.43. The quantitative estimate of drug-likeness (QED) is 0.633. The highest BCUT2D eigenvalue weighted by Crippen LogP contribution is 2.43. The lowest BCUT2D eigenvalue weighted by Crippen LogP contribution is -2.36. The third-order valence-electron chi connectivity index (χ3n) is 5.64. The number of carbonyl (C=O) groups excluding carboxylic acids is 1. The van der Waals surface area contributed by atoms with E-state index in [0.29, 0.717) is 12.4 Å². The Balaban J connectivity index is 1.83. The molecule has 3 rings (SSSR count). The highest BCUT2D eigenvalue weighted by molar-refractivity contribution is 5.91. The van der Waals surface area contributed by atoms with Crippen molar-refractivity contribution in [1.29, 1.82) is 0 Å². The number of alkyl halides is 3. The second-order valence-electron chi connectivity index (χ2n) is 8.37. The molecule has 0 atom stereocenters. The van der Waals surface area contributed by atoms with Crippen LogP contribution in [0.2, 0.25) is 0 Å². The molecule has 1 aliphatic carbocycles. The molecule has 1 fully saturated rings. The van der Waals surface area contributed by atoms with Crippen LogP contribution in [-0.4, -0.2) is 21.9 Å². The molecule has 1 heterocycles. The van der Waals surface area contributed by atoms with Crippen LogP contribution in [0.1, 0.15) is 62.3 Å². The van der Waals surface area contributed by atoms with Crippen LogP contribution in [0.4, 0.5) is 23.4 Å². The van der Waals surface area contributed by atoms with E-state index in [2.05, 4.69) is 10.4 Å². The minimum Gasteiger partial charge on any atom is -0.309 e. The Labute approximate surface area is 167 Å². The van der Waals surface area contributed by atoms with E-state index in [1.165, 1.54) is 12.1 Å². The van der Waals surface area contributed by atoms with Crippen LogP contribution in [0.3, 0.4) is 0 Å². The Morgan fingerprint density at radius 3 is 2.34 bits per heavy atom. The first-order valence-corrected chi connectivity index (χ1v) is 9.66. The standard InChI is InChI=1S/C21H25F4N3O/c1-13-18(15-5-4-6-15)19(26-17(29)11-20(2,3)21(23,24)25)27-28(13)12-14-7-9-16(22)10-8-14/h7-10,15H,4-6,11-12H2,1-3H3,(H,26,27,29). The summed E-state index contributed by atoms with van der Waals surface area (Å²) in [5.41, 5.74) is 0.466. The van der Waals surface area contributed by atoms with Crippen LogP contribution in [0.5, 0.6) is 0 Å². The number of amides is 1. The molecule has 8 heteroatoms. The molecule has 4 nitrogen and oxygen atoms in total. The third-order valence-corrected chi connectivity index (χ3v) is 5.64. The molecule has 1 aliphatic rings. The first kappa shape index (κ1) is 21.3. The van der Waals surface area contributed by atoms with E-state index in [-0.39, 0.29) is 11.7 Å². The lowest BCUT2D eigenvalue weighted by atomic mass is 9.79. The molecule has 1 aromatic carbocycles. The fraction of sp³-hybridized carbons (Fsp3) is 0.524. The monoisotopic (exact) mass is 411 g/mol. The molecule has 1 saturated carbocycles. The smallest absolute Gasteiger partial charge is 0.309 e. The number of benzene rings is 1. The van der Waals surface area contributed by atoms with Crippen molar-refractivity contribution in [3.05, 3.63) is 46.9 Å². The van der Waals surface area contributed by atoms with Crippen LogP contribution < -0.4 is 5.32 Å². The Morgan fingerprint density at radius 1 is 1.21 bits per heavy atom. The zero-order valence-corrected chi connectivity index (χ0v) is 16.7. The highest BCUT2D eigenvalue weighted by atomic mass is 19.4. The number of aromatic nitrogens is 2. The number of hydrogen-bond acceptors (Lipinski definition) is 2. The van der Waals surface area contributed by atoms with Gasteiger partial charge >= 0.3 is 6.18 Å². The van der Waals surface area contributed by atoms with Crippen molar-refractivity contribution in [1.82, 2.24) is 9.78 Å². The normalized spacial score (nSPS) is 15.3. The van der Waals surface area contributed by atoms with Gasteiger partial charge < -0.3 is 5.32 Å². The number of carbonyl (C=O) groups is 1. The molecule has 2 aromatic rings. The van der Waals surface area contributed by atoms with Crippen LogP contribution in [-0.2, 0) is 11.3 Å². The molecule has 0 spiro atoms. The van der Waals surface area contributed by atoms with Gasteiger partial charge in [0.25, 0.3) is 0 Å². The summed E-state index contributed by atoms with van der Waals surface area (Å²) in [5.74, 6) is -0.471. The van der Waals surface area contributed by atoms with Crippen molar-refractivity contribution in [3.63, 3.8) is 0 Å². The van der Waals surface area contributed by atoms with E-state index in [1.54, 1.807) is 16.8 Å². The summed E-state index contributed by atoms with van der Waals surface area (Å²) in [6.07, 6.45) is -2.16. The molecule has 1 aromatic heterocycles. The fourth-order valence-corrected chi connectivity index (χ4v) is 3.43. The summed E-state index contributed by atoms with van der Waals surface area (Å²) in [6, 6.07) is 6.04. The van der Waals surface area contributed by atoms with Crippen LogP contribution in [0.15, 0.2) is 24.3 Å². The molecule has 158 valence electrons. The van der Waals surface area contributed by atoms with E-state index < -0.39 is 23.9 Å². The van der Waals surface area contributed by atoms with Crippen molar-refractivity contribution < 1.29 is 22.4 Å². The van der Waals surface area contributed by atoms with Gasteiger partial charge in [-0.2, -0.15) is 18.3 Å². The van der Waals surface area contributed by atoms with Crippen molar-refractivity contribution in [2.45, 2.75) is 65.1 Å². The second-order valence-corrected chi connectivity index (χ2v) is 8.37. The van der Waals surface area contributed by atoms with Crippen molar-refractivity contribution >= 4 is 11.7 Å². The minimum atomic E-state index is -4.47. The molecule has 0 unspecified atom stereocenters. The van der Waals surface area contributed by atoms with E-state index in [1.807, 2.05) is 6.92 Å². The minimum absolute atomic E-state index is 0.239. The van der Waals surface area contributed by atoms with Crippen molar-refractivity contribution in [2.24, 2.45) is 5.41 Å². The van der Waals surface area contributed by atoms with Gasteiger partial charge in [-0.3, -0.25) is 9.48 Å². The predicted molar refractivity (Wildman–Crippen MR) is 102 cm³/mol. The molecule has 0 bridgehead atoms. The molecular formula is C21H25F4N3O. The largest absolute Gasteiger partial charge is 0.394 e. The molecular weight excluding hydrogens is 386 g/mol. The van der Waals surface area contributed by atoms with Gasteiger partial charge in [0.05, 0.1) is 12.0 Å². The zero-order valence-electron chi connectivity index (χ0n) is 16.7.